The van der Waals surface area contributed by atoms with Gasteiger partial charge in [0.1, 0.15) is 23.3 Å². The van der Waals surface area contributed by atoms with Crippen LogP contribution in [0.2, 0.25) is 0 Å². The van der Waals surface area contributed by atoms with Gasteiger partial charge in [-0.1, -0.05) is 26.2 Å². The number of aromatic nitrogens is 4. The summed E-state index contributed by atoms with van der Waals surface area (Å²) in [7, 11) is 0. The number of hydrogen-bond donors (Lipinski definition) is 3. The molecule has 0 bridgehead atoms. The second kappa shape index (κ2) is 6.50. The van der Waals surface area contributed by atoms with Gasteiger partial charge in [0, 0.05) is 11.3 Å². The van der Waals surface area contributed by atoms with Crippen LogP contribution < -0.4 is 5.32 Å². The molecule has 1 saturated heterocycles. The van der Waals surface area contributed by atoms with Gasteiger partial charge in [0.25, 0.3) is 0 Å². The van der Waals surface area contributed by atoms with Crippen LogP contribution in [0.15, 0.2) is 12.7 Å². The average molecular weight is 349 g/mol. The Labute approximate surface area is 144 Å². The summed E-state index contributed by atoms with van der Waals surface area (Å²) >= 11 is 1.54. The third-order valence-electron chi connectivity index (χ3n) is 5.06. The molecule has 0 spiro atoms. The first-order valence-electron chi connectivity index (χ1n) is 8.61. The summed E-state index contributed by atoms with van der Waals surface area (Å²) < 4.78 is 1.85. The Morgan fingerprint density at radius 1 is 1.12 bits per heavy atom. The Bertz CT molecular complexity index is 718. The van der Waals surface area contributed by atoms with Crippen molar-refractivity contribution in [2.24, 2.45) is 0 Å². The van der Waals surface area contributed by atoms with E-state index in [1.165, 1.54) is 37.4 Å². The normalized spacial score (nSPS) is 31.6. The fourth-order valence-electron chi connectivity index (χ4n) is 3.64. The molecule has 0 unspecified atom stereocenters. The van der Waals surface area contributed by atoms with Crippen molar-refractivity contribution in [3.63, 3.8) is 0 Å². The molecule has 1 aliphatic heterocycles. The molecule has 1 aliphatic carbocycles. The van der Waals surface area contributed by atoms with Crippen molar-refractivity contribution in [1.82, 2.24) is 19.5 Å². The molecule has 24 heavy (non-hydrogen) atoms. The number of hydrogen-bond acceptors (Lipinski definition) is 7. The van der Waals surface area contributed by atoms with Crippen LogP contribution in [-0.4, -0.2) is 53.2 Å². The summed E-state index contributed by atoms with van der Waals surface area (Å²) in [4.78, 5) is 13.2. The van der Waals surface area contributed by atoms with Gasteiger partial charge in [-0.3, -0.25) is 4.57 Å². The Morgan fingerprint density at radius 3 is 2.62 bits per heavy atom. The number of fused-ring (bicyclic) bond motifs is 1. The zero-order valence-electron chi connectivity index (χ0n) is 13.7. The summed E-state index contributed by atoms with van der Waals surface area (Å²) in [6, 6.07) is 0.440. The molecule has 8 heteroatoms. The van der Waals surface area contributed by atoms with E-state index < -0.39 is 12.2 Å². The van der Waals surface area contributed by atoms with Crippen LogP contribution in [0.1, 0.15) is 44.4 Å². The lowest BCUT2D eigenvalue weighted by molar-refractivity contribution is 0.0206. The number of aliphatic hydroxyl groups excluding tert-OH is 2. The molecule has 130 valence electrons. The molecule has 0 amide bonds. The van der Waals surface area contributed by atoms with Crippen LogP contribution in [0.3, 0.4) is 0 Å². The molecule has 4 rings (SSSR count). The van der Waals surface area contributed by atoms with E-state index in [0.717, 1.165) is 24.2 Å². The monoisotopic (exact) mass is 349 g/mol. The van der Waals surface area contributed by atoms with Crippen molar-refractivity contribution in [3.8, 4) is 0 Å². The molecule has 4 atom stereocenters. The smallest absolute Gasteiger partial charge is 0.166 e. The number of aliphatic hydroxyl groups is 2. The molecule has 0 aromatic carbocycles. The molecule has 2 aliphatic rings. The first kappa shape index (κ1) is 16.1. The van der Waals surface area contributed by atoms with Gasteiger partial charge >= 0.3 is 0 Å². The number of anilines is 1. The van der Waals surface area contributed by atoms with Gasteiger partial charge in [-0.05, 0) is 12.8 Å². The van der Waals surface area contributed by atoms with Crippen LogP contribution in [0, 0.1) is 0 Å². The van der Waals surface area contributed by atoms with E-state index in [4.69, 9.17) is 0 Å². The van der Waals surface area contributed by atoms with Crippen molar-refractivity contribution < 1.29 is 10.2 Å². The first-order valence-corrected chi connectivity index (χ1v) is 9.55. The molecule has 2 aromatic rings. The highest BCUT2D eigenvalue weighted by atomic mass is 32.2. The average Bonchev–Trinajstić information content (AvgIpc) is 3.13. The Kier molecular flexibility index (Phi) is 4.36. The predicted octanol–water partition coefficient (Wildman–Crippen LogP) is 1.93. The van der Waals surface area contributed by atoms with Gasteiger partial charge in [-0.25, -0.2) is 15.0 Å². The van der Waals surface area contributed by atoms with Gasteiger partial charge in [0.15, 0.2) is 11.5 Å². The van der Waals surface area contributed by atoms with Crippen LogP contribution in [0.25, 0.3) is 11.2 Å². The number of rotatable bonds is 3. The SMILES string of the molecule is C[C@@H]1S[C@@H](n2cnc3c(NC4CCCCC4)ncnc32)[C@H](O)[C@@H]1O. The van der Waals surface area contributed by atoms with Gasteiger partial charge in [-0.15, -0.1) is 11.8 Å². The fourth-order valence-corrected chi connectivity index (χ4v) is 5.01. The van der Waals surface area contributed by atoms with Crippen LogP contribution in [0.5, 0.6) is 0 Å². The van der Waals surface area contributed by atoms with Crippen molar-refractivity contribution in [1.29, 1.82) is 0 Å². The molecule has 1 saturated carbocycles. The van der Waals surface area contributed by atoms with Crippen LogP contribution in [-0.2, 0) is 0 Å². The van der Waals surface area contributed by atoms with E-state index in [1.54, 1.807) is 6.33 Å². The standard InChI is InChI=1S/C16H23N5O2S/c1-9-12(22)13(23)16(24-9)21-8-19-11-14(17-7-18-15(11)21)20-10-5-3-2-4-6-10/h7-10,12-13,16,22-23H,2-6H2,1H3,(H,17,18,20)/t9-,12+,13+,16+/m0/s1. The summed E-state index contributed by atoms with van der Waals surface area (Å²) in [6.07, 6.45) is 7.80. The summed E-state index contributed by atoms with van der Waals surface area (Å²) in [5, 5.41) is 23.5. The Hall–Kier alpha value is -1.38. The van der Waals surface area contributed by atoms with Crippen molar-refractivity contribution >= 4 is 28.7 Å². The van der Waals surface area contributed by atoms with E-state index in [1.807, 2.05) is 11.5 Å². The summed E-state index contributed by atoms with van der Waals surface area (Å²) in [6.45, 7) is 1.92. The molecule has 2 aromatic heterocycles. The number of nitrogens with one attached hydrogen (secondary N) is 1. The molecule has 2 fully saturated rings. The minimum absolute atomic E-state index is 0.0240. The largest absolute Gasteiger partial charge is 0.389 e. The van der Waals surface area contributed by atoms with E-state index in [0.29, 0.717) is 11.7 Å². The molecule has 7 nitrogen and oxygen atoms in total. The van der Waals surface area contributed by atoms with E-state index in [9.17, 15) is 10.2 Å². The van der Waals surface area contributed by atoms with E-state index >= 15 is 0 Å². The van der Waals surface area contributed by atoms with Crippen LogP contribution in [0.4, 0.5) is 5.82 Å². The lowest BCUT2D eigenvalue weighted by Gasteiger charge is -2.23. The molecular weight excluding hydrogens is 326 g/mol. The summed E-state index contributed by atoms with van der Waals surface area (Å²) in [5.41, 5.74) is 1.42. The first-order chi connectivity index (χ1) is 11.6. The lowest BCUT2D eigenvalue weighted by Crippen LogP contribution is -2.30. The second-order valence-corrected chi connectivity index (χ2v) is 8.24. The quantitative estimate of drug-likeness (QED) is 0.779. The Balaban J connectivity index is 1.64. The molecule has 3 N–H and O–H groups in total. The van der Waals surface area contributed by atoms with Gasteiger partial charge < -0.3 is 15.5 Å². The number of imidazole rings is 1. The second-order valence-electron chi connectivity index (χ2n) is 6.74. The van der Waals surface area contributed by atoms with Gasteiger partial charge in [0.2, 0.25) is 0 Å². The third-order valence-corrected chi connectivity index (χ3v) is 6.55. The van der Waals surface area contributed by atoms with E-state index in [2.05, 4.69) is 20.3 Å². The van der Waals surface area contributed by atoms with Crippen molar-refractivity contribution in [3.05, 3.63) is 12.7 Å². The van der Waals surface area contributed by atoms with E-state index in [-0.39, 0.29) is 10.6 Å². The third kappa shape index (κ3) is 2.76. The lowest BCUT2D eigenvalue weighted by atomic mass is 9.95. The molecule has 0 radical (unpaired) electrons. The van der Waals surface area contributed by atoms with Crippen molar-refractivity contribution in [2.45, 2.75) is 67.9 Å². The topological polar surface area (TPSA) is 96.1 Å². The zero-order valence-corrected chi connectivity index (χ0v) is 14.5. The minimum Gasteiger partial charge on any atom is -0.389 e. The van der Waals surface area contributed by atoms with Gasteiger partial charge in [-0.2, -0.15) is 0 Å². The Morgan fingerprint density at radius 2 is 1.92 bits per heavy atom. The minimum atomic E-state index is -0.827. The molecule has 3 heterocycles. The van der Waals surface area contributed by atoms with Crippen molar-refractivity contribution in [2.75, 3.05) is 5.32 Å². The highest BCUT2D eigenvalue weighted by Gasteiger charge is 2.41. The highest BCUT2D eigenvalue weighted by molar-refractivity contribution is 8.00. The van der Waals surface area contributed by atoms with Gasteiger partial charge in [0.05, 0.1) is 12.4 Å². The molecular formula is C16H23N5O2S. The maximum atomic E-state index is 10.3. The maximum absolute atomic E-state index is 10.3. The van der Waals surface area contributed by atoms with Crippen LogP contribution >= 0.6 is 11.8 Å². The number of nitrogens with zero attached hydrogens (tertiary/aromatic N) is 4. The summed E-state index contributed by atoms with van der Waals surface area (Å²) in [5.74, 6) is 0.761. The predicted molar refractivity (Wildman–Crippen MR) is 93.9 cm³/mol. The highest BCUT2D eigenvalue weighted by Crippen LogP contribution is 2.42. The zero-order chi connectivity index (χ0) is 16.7. The fraction of sp³-hybridized carbons (Fsp3) is 0.688. The number of thioether (sulfide) groups is 1. The maximum Gasteiger partial charge on any atom is 0.166 e.